The smallest absolute Gasteiger partial charge is 0.133 e. The Bertz CT molecular complexity index is 428. The van der Waals surface area contributed by atoms with Crippen LogP contribution in [0.4, 0.5) is 5.82 Å². The van der Waals surface area contributed by atoms with Crippen molar-refractivity contribution in [3.05, 3.63) is 22.9 Å². The van der Waals surface area contributed by atoms with Gasteiger partial charge >= 0.3 is 0 Å². The Morgan fingerprint density at radius 2 is 2.21 bits per heavy atom. The molecule has 1 unspecified atom stereocenters. The van der Waals surface area contributed by atoms with Gasteiger partial charge < -0.3 is 10.2 Å². The van der Waals surface area contributed by atoms with Crippen LogP contribution in [0.15, 0.2) is 6.07 Å². The third-order valence-electron chi connectivity index (χ3n) is 3.96. The van der Waals surface area contributed by atoms with Crippen LogP contribution in [0.2, 0.25) is 0 Å². The first-order chi connectivity index (χ1) is 9.11. The number of piperidine rings is 1. The Hall–Kier alpha value is -1.09. The molecule has 1 aliphatic heterocycles. The molecule has 0 aromatic carbocycles. The second-order valence-electron chi connectivity index (χ2n) is 5.86. The summed E-state index contributed by atoms with van der Waals surface area (Å²) in [6, 6.07) is 2.20. The van der Waals surface area contributed by atoms with E-state index in [9.17, 15) is 0 Å². The highest BCUT2D eigenvalue weighted by Crippen LogP contribution is 2.27. The molecule has 2 rings (SSSR count). The number of aryl methyl sites for hydroxylation is 2. The number of rotatable bonds is 4. The minimum Gasteiger partial charge on any atom is -0.356 e. The van der Waals surface area contributed by atoms with E-state index in [1.54, 1.807) is 0 Å². The molecule has 1 N–H and O–H groups in total. The minimum absolute atomic E-state index is 0.781. The van der Waals surface area contributed by atoms with Gasteiger partial charge in [-0.05, 0) is 50.8 Å². The van der Waals surface area contributed by atoms with E-state index in [1.807, 2.05) is 0 Å². The van der Waals surface area contributed by atoms with Crippen LogP contribution in [0.3, 0.4) is 0 Å². The van der Waals surface area contributed by atoms with E-state index >= 15 is 0 Å². The van der Waals surface area contributed by atoms with Gasteiger partial charge in [0.25, 0.3) is 0 Å². The lowest BCUT2D eigenvalue weighted by molar-refractivity contribution is 0.443. The third-order valence-corrected chi connectivity index (χ3v) is 3.96. The quantitative estimate of drug-likeness (QED) is 0.903. The summed E-state index contributed by atoms with van der Waals surface area (Å²) in [6.45, 7) is 13.0. The van der Waals surface area contributed by atoms with Crippen LogP contribution in [0.1, 0.15) is 43.5 Å². The zero-order valence-electron chi connectivity index (χ0n) is 12.8. The molecule has 3 nitrogen and oxygen atoms in total. The standard InChI is InChI=1S/C16H27N3/c1-5-17-10-15-13(3)9-14(4)18-16(15)19-8-6-7-12(2)11-19/h9,12,17H,5-8,10-11H2,1-4H3. The molecule has 1 aromatic rings. The summed E-state index contributed by atoms with van der Waals surface area (Å²) in [4.78, 5) is 7.32. The van der Waals surface area contributed by atoms with Crippen molar-refractivity contribution in [1.82, 2.24) is 10.3 Å². The topological polar surface area (TPSA) is 28.2 Å². The molecule has 1 aliphatic rings. The lowest BCUT2D eigenvalue weighted by Gasteiger charge is -2.34. The number of hydrogen-bond acceptors (Lipinski definition) is 3. The summed E-state index contributed by atoms with van der Waals surface area (Å²) in [5, 5.41) is 3.45. The van der Waals surface area contributed by atoms with Gasteiger partial charge in [-0.3, -0.25) is 0 Å². The first-order valence-electron chi connectivity index (χ1n) is 7.54. The van der Waals surface area contributed by atoms with Gasteiger partial charge in [0, 0.05) is 30.9 Å². The van der Waals surface area contributed by atoms with Crippen molar-refractivity contribution in [1.29, 1.82) is 0 Å². The number of nitrogens with one attached hydrogen (secondary N) is 1. The Kier molecular flexibility index (Phi) is 4.81. The SMILES string of the molecule is CCNCc1c(C)cc(C)nc1N1CCCC(C)C1. The molecule has 1 aromatic heterocycles. The first kappa shape index (κ1) is 14.3. The van der Waals surface area contributed by atoms with Crippen molar-refractivity contribution in [3.8, 4) is 0 Å². The van der Waals surface area contributed by atoms with E-state index in [4.69, 9.17) is 4.98 Å². The fourth-order valence-corrected chi connectivity index (χ4v) is 2.96. The number of anilines is 1. The van der Waals surface area contributed by atoms with Crippen LogP contribution in [0, 0.1) is 19.8 Å². The van der Waals surface area contributed by atoms with Gasteiger partial charge in [-0.1, -0.05) is 13.8 Å². The van der Waals surface area contributed by atoms with E-state index in [1.165, 1.54) is 29.8 Å². The van der Waals surface area contributed by atoms with Gasteiger partial charge in [0.1, 0.15) is 5.82 Å². The third kappa shape index (κ3) is 3.47. The number of pyridine rings is 1. The molecular weight excluding hydrogens is 234 g/mol. The monoisotopic (exact) mass is 261 g/mol. The highest BCUT2D eigenvalue weighted by atomic mass is 15.2. The molecule has 106 valence electrons. The maximum atomic E-state index is 4.83. The van der Waals surface area contributed by atoms with E-state index in [2.05, 4.69) is 44.0 Å². The molecule has 19 heavy (non-hydrogen) atoms. The van der Waals surface area contributed by atoms with Crippen molar-refractivity contribution in [3.63, 3.8) is 0 Å². The summed E-state index contributed by atoms with van der Waals surface area (Å²) < 4.78 is 0. The van der Waals surface area contributed by atoms with Crippen molar-refractivity contribution in [2.75, 3.05) is 24.5 Å². The molecule has 0 radical (unpaired) electrons. The van der Waals surface area contributed by atoms with Crippen LogP contribution < -0.4 is 10.2 Å². The Morgan fingerprint density at radius 1 is 1.42 bits per heavy atom. The largest absolute Gasteiger partial charge is 0.356 e. The van der Waals surface area contributed by atoms with Crippen LogP contribution >= 0.6 is 0 Å². The van der Waals surface area contributed by atoms with Crippen LogP contribution in [0.5, 0.6) is 0 Å². The van der Waals surface area contributed by atoms with Gasteiger partial charge in [0.15, 0.2) is 0 Å². The summed E-state index contributed by atoms with van der Waals surface area (Å²) in [5.74, 6) is 1.99. The van der Waals surface area contributed by atoms with Crippen LogP contribution in [-0.2, 0) is 6.54 Å². The summed E-state index contributed by atoms with van der Waals surface area (Å²) in [5.41, 5.74) is 3.87. The van der Waals surface area contributed by atoms with Gasteiger partial charge in [-0.15, -0.1) is 0 Å². The predicted octanol–water partition coefficient (Wildman–Crippen LogP) is 3.04. The van der Waals surface area contributed by atoms with Crippen molar-refractivity contribution < 1.29 is 0 Å². The van der Waals surface area contributed by atoms with Gasteiger partial charge in [0.05, 0.1) is 0 Å². The van der Waals surface area contributed by atoms with Crippen molar-refractivity contribution in [2.45, 2.75) is 47.1 Å². The summed E-state index contributed by atoms with van der Waals surface area (Å²) in [6.07, 6.45) is 2.64. The Morgan fingerprint density at radius 3 is 2.89 bits per heavy atom. The molecule has 1 fully saturated rings. The lowest BCUT2D eigenvalue weighted by Crippen LogP contribution is -2.36. The van der Waals surface area contributed by atoms with E-state index in [-0.39, 0.29) is 0 Å². The lowest BCUT2D eigenvalue weighted by atomic mass is 9.99. The first-order valence-corrected chi connectivity index (χ1v) is 7.54. The van der Waals surface area contributed by atoms with Crippen molar-refractivity contribution in [2.24, 2.45) is 5.92 Å². The van der Waals surface area contributed by atoms with E-state index in [0.29, 0.717) is 0 Å². The molecule has 0 aliphatic carbocycles. The van der Waals surface area contributed by atoms with Crippen LogP contribution in [0.25, 0.3) is 0 Å². The van der Waals surface area contributed by atoms with E-state index < -0.39 is 0 Å². The second kappa shape index (κ2) is 6.38. The van der Waals surface area contributed by atoms with Gasteiger partial charge in [-0.2, -0.15) is 0 Å². The average Bonchev–Trinajstić information content (AvgIpc) is 2.37. The predicted molar refractivity (Wildman–Crippen MR) is 81.7 cm³/mol. The van der Waals surface area contributed by atoms with E-state index in [0.717, 1.165) is 37.8 Å². The highest BCUT2D eigenvalue weighted by molar-refractivity contribution is 5.52. The summed E-state index contributed by atoms with van der Waals surface area (Å²) >= 11 is 0. The minimum atomic E-state index is 0.781. The zero-order chi connectivity index (χ0) is 13.8. The molecule has 1 saturated heterocycles. The molecule has 0 spiro atoms. The molecule has 3 heteroatoms. The maximum absolute atomic E-state index is 4.83. The van der Waals surface area contributed by atoms with Crippen LogP contribution in [-0.4, -0.2) is 24.6 Å². The fourth-order valence-electron chi connectivity index (χ4n) is 2.96. The van der Waals surface area contributed by atoms with Gasteiger partial charge in [0.2, 0.25) is 0 Å². The maximum Gasteiger partial charge on any atom is 0.133 e. The summed E-state index contributed by atoms with van der Waals surface area (Å²) in [7, 11) is 0. The Balaban J connectivity index is 2.30. The number of hydrogen-bond donors (Lipinski definition) is 1. The van der Waals surface area contributed by atoms with Gasteiger partial charge in [-0.25, -0.2) is 4.98 Å². The van der Waals surface area contributed by atoms with Crippen molar-refractivity contribution >= 4 is 5.82 Å². The molecule has 2 heterocycles. The second-order valence-corrected chi connectivity index (χ2v) is 5.86. The molecule has 0 bridgehead atoms. The normalized spacial score (nSPS) is 19.8. The highest BCUT2D eigenvalue weighted by Gasteiger charge is 2.21. The molecule has 0 saturated carbocycles. The fraction of sp³-hybridized carbons (Fsp3) is 0.688. The Labute approximate surface area is 117 Å². The average molecular weight is 261 g/mol. The zero-order valence-corrected chi connectivity index (χ0v) is 12.8. The number of aromatic nitrogens is 1. The molecule has 0 amide bonds. The molecule has 1 atom stereocenters. The number of nitrogens with zero attached hydrogens (tertiary/aromatic N) is 2. The molecular formula is C16H27N3.